The second kappa shape index (κ2) is 47.2. The first-order chi connectivity index (χ1) is 66.0. The number of ether oxygens (including phenoxy) is 3. The number of para-hydroxylation sites is 1. The summed E-state index contributed by atoms with van der Waals surface area (Å²) in [7, 11) is 1.49. The molecule has 8 aromatic heterocycles. The SMILES string of the molecule is COc1c(F)cccc1-c1csc(N2CCCCC2)n1.C[C@H]1CCCC(c2nc(-c3ccc(O)cc3O)cs2)C1.Cc1ccc([C@H]2CN(c3ccc(F)cc3)CCO2)nc1.Cc1ccc([C@H]2CN(c3ccc(F)cc3)CCO2)nc1.Oc1ccc(-c2csc(C3=CCc4ccccc43)n2)cc1.c1ccc(-c2nc(-c3cccnc3)cs2)cc1.c1ccc(-c2noc(C3CCCCC3)n2)cc1. The molecule has 3 aliphatic carbocycles. The third-order valence-electron chi connectivity index (χ3n) is 24.3. The van der Waals surface area contributed by atoms with Crippen LogP contribution in [0.3, 0.4) is 0 Å². The molecule has 0 amide bonds. The molecule has 3 saturated heterocycles. The van der Waals surface area contributed by atoms with E-state index in [-0.39, 0.29) is 52.7 Å². The molecule has 3 aliphatic heterocycles. The van der Waals surface area contributed by atoms with Gasteiger partial charge in [-0.2, -0.15) is 4.98 Å². The Labute approximate surface area is 802 Å². The van der Waals surface area contributed by atoms with Gasteiger partial charge in [0.25, 0.3) is 0 Å². The number of halogens is 3. The number of aromatic nitrogens is 9. The lowest BCUT2D eigenvalue weighted by Crippen LogP contribution is -2.38. The Morgan fingerprint density at radius 2 is 1.03 bits per heavy atom. The van der Waals surface area contributed by atoms with E-state index in [0.717, 1.165) is 152 Å². The Balaban J connectivity index is 0.000000115. The summed E-state index contributed by atoms with van der Waals surface area (Å²) in [5, 5.41) is 45.1. The lowest BCUT2D eigenvalue weighted by molar-refractivity contribution is 0.0369. The molecule has 19 nitrogen and oxygen atoms in total. The zero-order valence-corrected chi connectivity index (χ0v) is 79.2. The molecular weight excluding hydrogens is 1770 g/mol. The highest BCUT2D eigenvalue weighted by Crippen LogP contribution is 2.43. The van der Waals surface area contributed by atoms with E-state index in [2.05, 4.69) is 110 Å². The molecule has 16 aromatic rings. The van der Waals surface area contributed by atoms with E-state index in [1.807, 2.05) is 146 Å². The van der Waals surface area contributed by atoms with E-state index in [1.165, 1.54) is 142 Å². The van der Waals surface area contributed by atoms with Gasteiger partial charge in [-0.25, -0.2) is 33.1 Å². The Hall–Kier alpha value is -13.1. The molecule has 0 radical (unpaired) electrons. The monoisotopic (exact) mass is 1880 g/mol. The summed E-state index contributed by atoms with van der Waals surface area (Å²) in [4.78, 5) is 43.0. The smallest absolute Gasteiger partial charge is 0.230 e. The van der Waals surface area contributed by atoms with Crippen LogP contribution in [0, 0.1) is 37.2 Å². The number of allylic oxidation sites excluding steroid dienone is 1. The highest BCUT2D eigenvalue weighted by atomic mass is 32.1. The maximum atomic E-state index is 13.7. The molecule has 692 valence electrons. The number of anilines is 3. The first kappa shape index (κ1) is 95.1. The molecule has 22 rings (SSSR count). The highest BCUT2D eigenvalue weighted by Gasteiger charge is 2.29. The number of phenols is 3. The molecule has 4 atom stereocenters. The van der Waals surface area contributed by atoms with Gasteiger partial charge in [-0.05, 0) is 215 Å². The van der Waals surface area contributed by atoms with Crippen molar-refractivity contribution in [3.05, 3.63) is 350 Å². The number of piperidine rings is 1. The molecule has 11 heterocycles. The van der Waals surface area contributed by atoms with Gasteiger partial charge in [0, 0.05) is 154 Å². The van der Waals surface area contributed by atoms with E-state index in [9.17, 15) is 28.5 Å². The van der Waals surface area contributed by atoms with Gasteiger partial charge in [0.2, 0.25) is 11.7 Å². The summed E-state index contributed by atoms with van der Waals surface area (Å²) in [5.74, 6) is 3.30. The summed E-state index contributed by atoms with van der Waals surface area (Å²) in [6.07, 6.45) is 25.6. The van der Waals surface area contributed by atoms with E-state index in [0.29, 0.717) is 42.0 Å². The van der Waals surface area contributed by atoms with Gasteiger partial charge >= 0.3 is 0 Å². The fourth-order valence-corrected chi connectivity index (χ4v) is 20.6. The standard InChI is InChI=1S/C18H13NOS.2C16H17FN2O.C16H19NO2S.C15H17FN2OS.C14H16N2O.C14H10N2S/c20-14-8-5-13(6-9-14)17-11-21-18(19-17)16-10-7-12-3-1-2-4-15(12)16;2*1-12-2-7-15(18-10-12)16-11-19(8-9-20-16)14-5-3-13(17)4-6-14;1-10-3-2-4-11(7-10)16-17-14(9-20-16)13-6-5-12(18)8-15(13)19;1-19-14-11(6-5-7-12(14)16)13-10-20-15(17-13)18-8-3-2-4-9-18;1-3-7-11(8-4-1)13-15-14(17-16-13)12-9-5-2-6-10-12;1-2-5-11(6-3-1)14-16-13(10-17-14)12-7-4-8-15-9-12/h1-6,8-11,20H,7H2;2*2-7,10,16H,8-9,11H2,1H3;5-6,8-11,18-19H,2-4,7H2,1H3;5-7,10H,2-4,8-9H2,1H3;1,3-4,7-8,12H,2,5-6,9-10H2;1-10H/t;2*16-;10-,11?;;;/m.110.../s1. The predicted molar refractivity (Wildman–Crippen MR) is 537 cm³/mol. The van der Waals surface area contributed by atoms with Crippen molar-refractivity contribution in [2.45, 2.75) is 128 Å². The summed E-state index contributed by atoms with van der Waals surface area (Å²) >= 11 is 6.62. The number of pyridine rings is 3. The van der Waals surface area contributed by atoms with E-state index in [1.54, 1.807) is 106 Å². The van der Waals surface area contributed by atoms with Crippen molar-refractivity contribution in [2.75, 3.05) is 74.3 Å². The van der Waals surface area contributed by atoms with Crippen LogP contribution in [0.5, 0.6) is 23.0 Å². The number of phenolic OH excluding ortho intramolecular Hbond substituents is 3. The van der Waals surface area contributed by atoms with Crippen LogP contribution in [0.25, 0.3) is 72.6 Å². The first-order valence-electron chi connectivity index (χ1n) is 46.0. The first-order valence-corrected chi connectivity index (χ1v) is 49.5. The van der Waals surface area contributed by atoms with Crippen molar-refractivity contribution in [3.63, 3.8) is 0 Å². The number of hydrogen-bond acceptors (Lipinski definition) is 23. The van der Waals surface area contributed by atoms with E-state index >= 15 is 0 Å². The molecule has 0 spiro atoms. The molecule has 8 aromatic carbocycles. The minimum atomic E-state index is -0.350. The van der Waals surface area contributed by atoms with Crippen LogP contribution in [-0.4, -0.2) is 120 Å². The van der Waals surface area contributed by atoms with Gasteiger partial charge < -0.3 is 48.8 Å². The van der Waals surface area contributed by atoms with Crippen LogP contribution < -0.4 is 19.4 Å². The zero-order valence-electron chi connectivity index (χ0n) is 76.0. The van der Waals surface area contributed by atoms with Gasteiger partial charge in [0.1, 0.15) is 51.1 Å². The average molecular weight is 1880 g/mol. The van der Waals surface area contributed by atoms with Crippen LogP contribution in [0.2, 0.25) is 0 Å². The molecule has 2 saturated carbocycles. The minimum absolute atomic E-state index is 0.0330. The number of benzene rings is 8. The number of morpholine rings is 2. The molecule has 5 fully saturated rings. The van der Waals surface area contributed by atoms with Gasteiger partial charge in [-0.3, -0.25) is 15.0 Å². The van der Waals surface area contributed by atoms with Gasteiger partial charge in [0.05, 0.1) is 59.5 Å². The summed E-state index contributed by atoms with van der Waals surface area (Å²) in [5.41, 5.74) is 19.3. The lowest BCUT2D eigenvalue weighted by atomic mass is 9.83. The fourth-order valence-electron chi connectivity index (χ4n) is 17.0. The molecule has 0 bridgehead atoms. The molecular formula is C109H109F3N12O7S4. The van der Waals surface area contributed by atoms with Crippen LogP contribution >= 0.6 is 45.3 Å². The van der Waals surface area contributed by atoms with Crippen molar-refractivity contribution in [1.82, 2.24) is 45.0 Å². The molecule has 6 aliphatic rings. The van der Waals surface area contributed by atoms with Gasteiger partial charge in [-0.1, -0.05) is 153 Å². The highest BCUT2D eigenvalue weighted by molar-refractivity contribution is 7.14. The van der Waals surface area contributed by atoms with Crippen molar-refractivity contribution in [2.24, 2.45) is 5.92 Å². The minimum Gasteiger partial charge on any atom is -0.508 e. The number of aromatic hydroxyl groups is 3. The van der Waals surface area contributed by atoms with Crippen molar-refractivity contribution in [1.29, 1.82) is 0 Å². The number of fused-ring (bicyclic) bond motifs is 1. The molecule has 1 unspecified atom stereocenters. The summed E-state index contributed by atoms with van der Waals surface area (Å²) in [6.45, 7) is 12.9. The third-order valence-corrected chi connectivity index (χ3v) is 28.0. The number of methoxy groups -OCH3 is 1. The lowest BCUT2D eigenvalue weighted by Gasteiger charge is -2.34. The topological polar surface area (TPSA) is 227 Å². The van der Waals surface area contributed by atoms with Crippen LogP contribution in [0.1, 0.15) is 158 Å². The normalized spacial score (nSPS) is 16.8. The van der Waals surface area contributed by atoms with Crippen molar-refractivity contribution in [3.8, 4) is 90.0 Å². The van der Waals surface area contributed by atoms with Crippen molar-refractivity contribution >= 4 is 67.4 Å². The predicted octanol–water partition coefficient (Wildman–Crippen LogP) is 26.8. The number of nitrogens with zero attached hydrogens (tertiary/aromatic N) is 12. The Morgan fingerprint density at radius 1 is 0.452 bits per heavy atom. The Bertz CT molecular complexity index is 6160. The van der Waals surface area contributed by atoms with Crippen molar-refractivity contribution < 1.29 is 47.2 Å². The van der Waals surface area contributed by atoms with E-state index < -0.39 is 0 Å². The largest absolute Gasteiger partial charge is 0.508 e. The molecule has 26 heteroatoms. The zero-order chi connectivity index (χ0) is 93.2. The second-order valence-electron chi connectivity index (χ2n) is 34.1. The number of aryl methyl sites for hydroxylation is 2. The molecule has 3 N–H and O–H groups in total. The Morgan fingerprint density at radius 3 is 1.66 bits per heavy atom. The van der Waals surface area contributed by atoms with Crippen LogP contribution in [0.15, 0.2) is 287 Å². The number of rotatable bonds is 15. The second-order valence-corrected chi connectivity index (χ2v) is 37.5. The summed E-state index contributed by atoms with van der Waals surface area (Å²) < 4.78 is 61.9. The number of thiazole rings is 4. The quantitative estimate of drug-likeness (QED) is 0.0867. The maximum Gasteiger partial charge on any atom is 0.230 e. The van der Waals surface area contributed by atoms with Gasteiger partial charge in [0.15, 0.2) is 16.7 Å². The third kappa shape index (κ3) is 25.9. The average Bonchev–Trinajstić information content (AvgIpc) is 1.64. The van der Waals surface area contributed by atoms with Gasteiger partial charge in [-0.15, -0.1) is 45.3 Å². The van der Waals surface area contributed by atoms with Crippen LogP contribution in [0.4, 0.5) is 29.7 Å². The van der Waals surface area contributed by atoms with Crippen LogP contribution in [-0.2, 0) is 15.9 Å². The fraction of sp³-hybridized carbons (Fsp3) is 0.275. The summed E-state index contributed by atoms with van der Waals surface area (Å²) in [6, 6.07) is 70.7. The van der Waals surface area contributed by atoms with E-state index in [4.69, 9.17) is 28.7 Å². The molecule has 135 heavy (non-hydrogen) atoms. The Kier molecular flexibility index (Phi) is 33.3. The maximum absolute atomic E-state index is 13.7. The number of hydrogen-bond donors (Lipinski definition) is 3.